The zero-order valence-corrected chi connectivity index (χ0v) is 9.14. The second kappa shape index (κ2) is 4.23. The lowest BCUT2D eigenvalue weighted by molar-refractivity contribution is 0.573. The molecule has 0 spiro atoms. The molecule has 6 heteroatoms. The van der Waals surface area contributed by atoms with Crippen LogP contribution in [-0.2, 0) is 0 Å². The van der Waals surface area contributed by atoms with Crippen LogP contribution in [0.2, 0.25) is 5.15 Å². The lowest BCUT2D eigenvalue weighted by Crippen LogP contribution is -2.34. The third-order valence-corrected chi connectivity index (χ3v) is 3.17. The van der Waals surface area contributed by atoms with Gasteiger partial charge in [-0.1, -0.05) is 11.6 Å². The summed E-state index contributed by atoms with van der Waals surface area (Å²) in [5.74, 6) is 0.467. The van der Waals surface area contributed by atoms with Gasteiger partial charge in [0.05, 0.1) is 11.7 Å². The summed E-state index contributed by atoms with van der Waals surface area (Å²) in [4.78, 5) is 13.6. The molecule has 2 rings (SSSR count). The van der Waals surface area contributed by atoms with Gasteiger partial charge in [-0.2, -0.15) is 8.75 Å². The number of anilines is 1. The number of hydrogen-bond acceptors (Lipinski definition) is 5. The molecule has 0 unspecified atom stereocenters. The maximum atomic E-state index is 11.6. The normalized spacial score (nSPS) is 17.1. The van der Waals surface area contributed by atoms with Gasteiger partial charge >= 0.3 is 0 Å². The van der Waals surface area contributed by atoms with Gasteiger partial charge < -0.3 is 4.90 Å². The van der Waals surface area contributed by atoms with Crippen molar-refractivity contribution in [1.82, 2.24) is 8.75 Å². The van der Waals surface area contributed by atoms with Gasteiger partial charge in [-0.15, -0.1) is 0 Å². The molecule has 0 aromatic carbocycles. The van der Waals surface area contributed by atoms with Crippen molar-refractivity contribution >= 4 is 29.1 Å². The summed E-state index contributed by atoms with van der Waals surface area (Å²) >= 11 is 6.64. The monoisotopic (exact) mass is 231 g/mol. The molecule has 1 aromatic rings. The minimum absolute atomic E-state index is 0.0329. The van der Waals surface area contributed by atoms with Crippen LogP contribution in [-0.4, -0.2) is 21.8 Å². The second-order valence-electron chi connectivity index (χ2n) is 3.26. The third-order valence-electron chi connectivity index (χ3n) is 2.29. The molecule has 1 aliphatic rings. The number of aromatic nitrogens is 2. The summed E-state index contributed by atoms with van der Waals surface area (Å²) in [7, 11) is 0. The van der Waals surface area contributed by atoms with Gasteiger partial charge in [-0.25, -0.2) is 0 Å². The van der Waals surface area contributed by atoms with Gasteiger partial charge in [-0.3, -0.25) is 4.79 Å². The third kappa shape index (κ3) is 1.88. The summed E-state index contributed by atoms with van der Waals surface area (Å²) in [6.45, 7) is 1.80. The van der Waals surface area contributed by atoms with Crippen LogP contribution in [0, 0.1) is 0 Å². The SMILES string of the molecule is O=c1c(Cl)nsnc1N1CCCCC1. The second-order valence-corrected chi connectivity index (χ2v) is 4.14. The van der Waals surface area contributed by atoms with E-state index in [4.69, 9.17) is 11.6 Å². The van der Waals surface area contributed by atoms with Crippen LogP contribution in [0.3, 0.4) is 0 Å². The molecule has 0 N–H and O–H groups in total. The van der Waals surface area contributed by atoms with Crippen LogP contribution in [0.15, 0.2) is 4.79 Å². The number of nitrogens with zero attached hydrogens (tertiary/aromatic N) is 3. The van der Waals surface area contributed by atoms with Crippen molar-refractivity contribution in [3.8, 4) is 0 Å². The van der Waals surface area contributed by atoms with Gasteiger partial charge in [0.1, 0.15) is 0 Å². The van der Waals surface area contributed by atoms with Crippen LogP contribution in [0.4, 0.5) is 5.82 Å². The first kappa shape index (κ1) is 9.86. The van der Waals surface area contributed by atoms with Gasteiger partial charge in [0, 0.05) is 13.1 Å². The lowest BCUT2D eigenvalue weighted by Gasteiger charge is -2.26. The van der Waals surface area contributed by atoms with Gasteiger partial charge in [0.15, 0.2) is 11.0 Å². The quantitative estimate of drug-likeness (QED) is 0.736. The number of hydrogen-bond donors (Lipinski definition) is 0. The fourth-order valence-corrected chi connectivity index (χ4v) is 2.23. The van der Waals surface area contributed by atoms with E-state index in [-0.39, 0.29) is 10.6 Å². The molecule has 1 aliphatic heterocycles. The zero-order chi connectivity index (χ0) is 9.97. The highest BCUT2D eigenvalue weighted by molar-refractivity contribution is 6.99. The summed E-state index contributed by atoms with van der Waals surface area (Å²) < 4.78 is 7.71. The molecule has 0 radical (unpaired) electrons. The summed E-state index contributed by atoms with van der Waals surface area (Å²) in [6.07, 6.45) is 3.46. The standard InChI is InChI=1S/C8H10ClN3OS/c9-7-6(13)8(11-14-10-7)12-4-2-1-3-5-12/h1-5H2. The van der Waals surface area contributed by atoms with Gasteiger partial charge in [0.2, 0.25) is 0 Å². The maximum absolute atomic E-state index is 11.6. The van der Waals surface area contributed by atoms with Crippen molar-refractivity contribution in [2.75, 3.05) is 18.0 Å². The molecular weight excluding hydrogens is 222 g/mol. The first-order chi connectivity index (χ1) is 6.79. The summed E-state index contributed by atoms with van der Waals surface area (Å²) in [6, 6.07) is 0. The van der Waals surface area contributed by atoms with Crippen LogP contribution < -0.4 is 10.3 Å². The first-order valence-corrected chi connectivity index (χ1v) is 5.67. The smallest absolute Gasteiger partial charge is 0.260 e. The highest BCUT2D eigenvalue weighted by Gasteiger charge is 2.17. The van der Waals surface area contributed by atoms with Crippen LogP contribution in [0.5, 0.6) is 0 Å². The Morgan fingerprint density at radius 1 is 1.21 bits per heavy atom. The van der Waals surface area contributed by atoms with Gasteiger partial charge in [0.25, 0.3) is 5.43 Å². The Kier molecular flexibility index (Phi) is 2.98. The Morgan fingerprint density at radius 3 is 2.64 bits per heavy atom. The zero-order valence-electron chi connectivity index (χ0n) is 7.57. The number of rotatable bonds is 1. The fraction of sp³-hybridized carbons (Fsp3) is 0.625. The van der Waals surface area contributed by atoms with Crippen LogP contribution >= 0.6 is 23.3 Å². The lowest BCUT2D eigenvalue weighted by atomic mass is 10.1. The average Bonchev–Trinajstić information content (AvgIpc) is 2.23. The van der Waals surface area contributed by atoms with Gasteiger partial charge in [-0.05, 0) is 19.3 Å². The first-order valence-electron chi connectivity index (χ1n) is 4.56. The van der Waals surface area contributed by atoms with Crippen molar-refractivity contribution in [2.24, 2.45) is 0 Å². The Balaban J connectivity index is 2.31. The van der Waals surface area contributed by atoms with Crippen molar-refractivity contribution in [1.29, 1.82) is 0 Å². The average molecular weight is 232 g/mol. The van der Waals surface area contributed by atoms with E-state index < -0.39 is 0 Å². The Bertz CT molecular complexity index is 375. The Labute approximate surface area is 90.8 Å². The topological polar surface area (TPSA) is 46.1 Å². The van der Waals surface area contributed by atoms with E-state index in [9.17, 15) is 4.79 Å². The van der Waals surface area contributed by atoms with E-state index in [0.29, 0.717) is 5.82 Å². The highest BCUT2D eigenvalue weighted by Crippen LogP contribution is 2.15. The predicted octanol–water partition coefficient (Wildman–Crippen LogP) is 1.54. The fourth-order valence-electron chi connectivity index (χ4n) is 1.58. The summed E-state index contributed by atoms with van der Waals surface area (Å²) in [5, 5.41) is 0.0329. The Hall–Kier alpha value is -0.680. The predicted molar refractivity (Wildman–Crippen MR) is 57.3 cm³/mol. The maximum Gasteiger partial charge on any atom is 0.260 e. The largest absolute Gasteiger partial charge is 0.352 e. The molecule has 1 fully saturated rings. The Morgan fingerprint density at radius 2 is 1.93 bits per heavy atom. The minimum atomic E-state index is -0.243. The minimum Gasteiger partial charge on any atom is -0.352 e. The molecule has 1 aromatic heterocycles. The van der Waals surface area contributed by atoms with Crippen molar-refractivity contribution in [3.63, 3.8) is 0 Å². The molecule has 0 atom stereocenters. The highest BCUT2D eigenvalue weighted by atomic mass is 35.5. The van der Waals surface area contributed by atoms with E-state index in [1.807, 2.05) is 4.90 Å². The molecule has 0 bridgehead atoms. The molecular formula is C8H10ClN3OS. The molecule has 0 aliphatic carbocycles. The van der Waals surface area contributed by atoms with Crippen molar-refractivity contribution in [3.05, 3.63) is 15.4 Å². The number of piperidine rings is 1. The van der Waals surface area contributed by atoms with E-state index >= 15 is 0 Å². The van der Waals surface area contributed by atoms with E-state index in [1.165, 1.54) is 6.42 Å². The van der Waals surface area contributed by atoms with E-state index in [0.717, 1.165) is 37.7 Å². The van der Waals surface area contributed by atoms with Crippen LogP contribution in [0.25, 0.3) is 0 Å². The number of halogens is 1. The molecule has 2 heterocycles. The molecule has 0 saturated carbocycles. The molecule has 4 nitrogen and oxygen atoms in total. The molecule has 14 heavy (non-hydrogen) atoms. The van der Waals surface area contributed by atoms with Crippen molar-refractivity contribution < 1.29 is 0 Å². The molecule has 1 saturated heterocycles. The van der Waals surface area contributed by atoms with E-state index in [2.05, 4.69) is 8.75 Å². The van der Waals surface area contributed by atoms with Crippen molar-refractivity contribution in [2.45, 2.75) is 19.3 Å². The molecule has 0 amide bonds. The molecule has 76 valence electrons. The summed E-state index contributed by atoms with van der Waals surface area (Å²) in [5.41, 5.74) is -0.243. The van der Waals surface area contributed by atoms with Crippen LogP contribution in [0.1, 0.15) is 19.3 Å². The van der Waals surface area contributed by atoms with E-state index in [1.54, 1.807) is 0 Å².